The molecule has 1 aromatic carbocycles. The van der Waals surface area contributed by atoms with Crippen LogP contribution >= 0.6 is 0 Å². The molecular formula is C21H30N6O. The highest BCUT2D eigenvalue weighted by Gasteiger charge is 2.45. The number of hydrogen-bond donors (Lipinski definition) is 2. The van der Waals surface area contributed by atoms with Gasteiger partial charge >= 0.3 is 0 Å². The van der Waals surface area contributed by atoms with Gasteiger partial charge in [-0.05, 0) is 55.7 Å². The number of nitrogens with one attached hydrogen (secondary N) is 1. The Balaban J connectivity index is 1.40. The molecule has 0 radical (unpaired) electrons. The normalized spacial score (nSPS) is 22.4. The zero-order valence-electron chi connectivity index (χ0n) is 16.8. The third-order valence-electron chi connectivity index (χ3n) is 6.58. The number of nitrogen functional groups attached to an aromatic ring is 1. The molecule has 1 aliphatic heterocycles. The molecule has 1 saturated heterocycles. The smallest absolute Gasteiger partial charge is 0.247 e. The van der Waals surface area contributed by atoms with Gasteiger partial charge in [0.15, 0.2) is 0 Å². The highest BCUT2D eigenvalue weighted by atomic mass is 16.5. The predicted octanol–water partition coefficient (Wildman–Crippen LogP) is 2.95. The Labute approximate surface area is 166 Å². The first-order valence-corrected chi connectivity index (χ1v) is 10.2. The van der Waals surface area contributed by atoms with Crippen LogP contribution in [0.15, 0.2) is 30.5 Å². The van der Waals surface area contributed by atoms with Gasteiger partial charge in [0.2, 0.25) is 5.95 Å². The molecule has 0 bridgehead atoms. The van der Waals surface area contributed by atoms with Crippen LogP contribution in [0.25, 0.3) is 0 Å². The quantitative estimate of drug-likeness (QED) is 0.822. The summed E-state index contributed by atoms with van der Waals surface area (Å²) >= 11 is 0. The number of anilines is 2. The molecule has 3 N–H and O–H groups in total. The van der Waals surface area contributed by atoms with Gasteiger partial charge in [-0.15, -0.1) is 5.10 Å². The van der Waals surface area contributed by atoms with Crippen LogP contribution in [0.5, 0.6) is 5.75 Å². The van der Waals surface area contributed by atoms with Gasteiger partial charge in [0.05, 0.1) is 13.3 Å². The van der Waals surface area contributed by atoms with Gasteiger partial charge in [-0.25, -0.2) is 0 Å². The Morgan fingerprint density at radius 2 is 1.96 bits per heavy atom. The zero-order chi connectivity index (χ0) is 19.6. The minimum atomic E-state index is 0.324. The van der Waals surface area contributed by atoms with Crippen molar-refractivity contribution in [2.75, 3.05) is 30.8 Å². The average molecular weight is 383 g/mol. The number of benzene rings is 1. The van der Waals surface area contributed by atoms with Crippen molar-refractivity contribution in [2.24, 2.45) is 5.41 Å². The largest absolute Gasteiger partial charge is 0.497 e. The molecule has 1 saturated carbocycles. The Kier molecular flexibility index (Phi) is 5.35. The van der Waals surface area contributed by atoms with E-state index in [0.29, 0.717) is 29.3 Å². The van der Waals surface area contributed by atoms with Crippen LogP contribution < -0.4 is 20.7 Å². The summed E-state index contributed by atoms with van der Waals surface area (Å²) in [5.74, 6) is 1.99. The van der Waals surface area contributed by atoms with Crippen molar-refractivity contribution >= 4 is 11.8 Å². The molecule has 7 heteroatoms. The third-order valence-corrected chi connectivity index (χ3v) is 6.58. The Morgan fingerprint density at radius 1 is 1.21 bits per heavy atom. The number of aromatic nitrogens is 3. The van der Waals surface area contributed by atoms with E-state index >= 15 is 0 Å². The molecule has 2 aromatic rings. The first kappa shape index (κ1) is 18.9. The fraction of sp³-hybridized carbons (Fsp3) is 0.571. The number of ether oxygens (including phenoxy) is 1. The highest BCUT2D eigenvalue weighted by Crippen LogP contribution is 2.47. The van der Waals surface area contributed by atoms with Crippen LogP contribution in [0, 0.1) is 5.41 Å². The van der Waals surface area contributed by atoms with E-state index in [1.165, 1.54) is 31.0 Å². The van der Waals surface area contributed by atoms with Crippen molar-refractivity contribution in [1.82, 2.24) is 20.5 Å². The molecule has 0 unspecified atom stereocenters. The molecule has 2 atom stereocenters. The monoisotopic (exact) mass is 382 g/mol. The van der Waals surface area contributed by atoms with E-state index < -0.39 is 0 Å². The number of nitrogens with two attached hydrogens (primary N) is 1. The predicted molar refractivity (Wildman–Crippen MR) is 110 cm³/mol. The first-order chi connectivity index (χ1) is 13.6. The molecule has 2 fully saturated rings. The molecule has 4 rings (SSSR count). The number of hydrogen-bond acceptors (Lipinski definition) is 7. The van der Waals surface area contributed by atoms with Gasteiger partial charge < -0.3 is 20.7 Å². The average Bonchev–Trinajstić information content (AvgIpc) is 3.10. The maximum atomic E-state index is 5.77. The second-order valence-electron chi connectivity index (χ2n) is 8.14. The van der Waals surface area contributed by atoms with Crippen LogP contribution in [0.1, 0.15) is 50.6 Å². The maximum absolute atomic E-state index is 5.77. The van der Waals surface area contributed by atoms with Crippen molar-refractivity contribution in [3.8, 4) is 5.75 Å². The summed E-state index contributed by atoms with van der Waals surface area (Å²) in [4.78, 5) is 6.56. The summed E-state index contributed by atoms with van der Waals surface area (Å²) in [6.07, 6.45) is 7.63. The van der Waals surface area contributed by atoms with E-state index in [-0.39, 0.29) is 0 Å². The highest BCUT2D eigenvalue weighted by molar-refractivity contribution is 5.36. The molecule has 2 heterocycles. The molecule has 28 heavy (non-hydrogen) atoms. The summed E-state index contributed by atoms with van der Waals surface area (Å²) < 4.78 is 5.28. The van der Waals surface area contributed by atoms with Crippen LogP contribution in [0.4, 0.5) is 11.8 Å². The Morgan fingerprint density at radius 3 is 2.64 bits per heavy atom. The minimum absolute atomic E-state index is 0.324. The number of rotatable bonds is 5. The molecule has 7 nitrogen and oxygen atoms in total. The minimum Gasteiger partial charge on any atom is -0.497 e. The molecule has 2 aliphatic rings. The van der Waals surface area contributed by atoms with Crippen LogP contribution in [-0.2, 0) is 0 Å². The van der Waals surface area contributed by atoms with Crippen LogP contribution in [0.2, 0.25) is 0 Å². The summed E-state index contributed by atoms with van der Waals surface area (Å²) in [5.41, 5.74) is 7.44. The van der Waals surface area contributed by atoms with Gasteiger partial charge in [-0.3, -0.25) is 0 Å². The lowest BCUT2D eigenvalue weighted by Crippen LogP contribution is -2.49. The summed E-state index contributed by atoms with van der Waals surface area (Å²) in [6.45, 7) is 4.18. The van der Waals surface area contributed by atoms with E-state index in [2.05, 4.69) is 44.5 Å². The topological polar surface area (TPSA) is 89.2 Å². The Hall–Kier alpha value is -2.41. The summed E-state index contributed by atoms with van der Waals surface area (Å²) in [7, 11) is 1.70. The second kappa shape index (κ2) is 7.91. The maximum Gasteiger partial charge on any atom is 0.247 e. The van der Waals surface area contributed by atoms with E-state index in [1.807, 2.05) is 12.1 Å². The second-order valence-corrected chi connectivity index (χ2v) is 8.14. The van der Waals surface area contributed by atoms with Gasteiger partial charge in [0.1, 0.15) is 11.6 Å². The van der Waals surface area contributed by atoms with E-state index in [1.54, 1.807) is 7.11 Å². The SMILES string of the molecule is COc1ccc([C@@H](C)N[C@@H]2CCCC23CCN(c2nncc(N)n2)CC3)cc1. The lowest BCUT2D eigenvalue weighted by atomic mass is 9.73. The molecular weight excluding hydrogens is 352 g/mol. The van der Waals surface area contributed by atoms with E-state index in [9.17, 15) is 0 Å². The molecule has 1 spiro atoms. The van der Waals surface area contributed by atoms with Gasteiger partial charge in [0.25, 0.3) is 0 Å². The van der Waals surface area contributed by atoms with Crippen molar-refractivity contribution in [1.29, 1.82) is 0 Å². The number of methoxy groups -OCH3 is 1. The number of piperidine rings is 1. The van der Waals surface area contributed by atoms with E-state index in [0.717, 1.165) is 31.7 Å². The van der Waals surface area contributed by atoms with Crippen LogP contribution in [-0.4, -0.2) is 41.4 Å². The van der Waals surface area contributed by atoms with Crippen molar-refractivity contribution in [3.05, 3.63) is 36.0 Å². The zero-order valence-corrected chi connectivity index (χ0v) is 16.8. The lowest BCUT2D eigenvalue weighted by Gasteiger charge is -2.44. The lowest BCUT2D eigenvalue weighted by molar-refractivity contribution is 0.163. The fourth-order valence-corrected chi connectivity index (χ4v) is 4.88. The molecule has 0 amide bonds. The molecule has 1 aliphatic carbocycles. The Bertz CT molecular complexity index is 788. The fourth-order valence-electron chi connectivity index (χ4n) is 4.88. The van der Waals surface area contributed by atoms with Crippen molar-refractivity contribution in [3.63, 3.8) is 0 Å². The first-order valence-electron chi connectivity index (χ1n) is 10.2. The van der Waals surface area contributed by atoms with Crippen molar-refractivity contribution in [2.45, 2.75) is 51.1 Å². The van der Waals surface area contributed by atoms with E-state index in [4.69, 9.17) is 10.5 Å². The van der Waals surface area contributed by atoms with Gasteiger partial charge in [-0.1, -0.05) is 18.6 Å². The molecule has 150 valence electrons. The third kappa shape index (κ3) is 3.76. The van der Waals surface area contributed by atoms with Gasteiger partial charge in [0, 0.05) is 25.2 Å². The van der Waals surface area contributed by atoms with Crippen molar-refractivity contribution < 1.29 is 4.74 Å². The number of nitrogens with zero attached hydrogens (tertiary/aromatic N) is 4. The van der Waals surface area contributed by atoms with Crippen LogP contribution in [0.3, 0.4) is 0 Å². The summed E-state index contributed by atoms with van der Waals surface area (Å²) in [5, 5.41) is 12.0. The molecule has 1 aromatic heterocycles. The van der Waals surface area contributed by atoms with Gasteiger partial charge in [-0.2, -0.15) is 10.1 Å². The standard InChI is InChI=1S/C21H30N6O/c1-15(16-5-7-17(28-2)8-6-16)24-18-4-3-9-21(18)10-12-27(13-11-21)20-25-19(22)14-23-26-20/h5-8,14-15,18,24H,3-4,9-13H2,1-2H3,(H2,22,25,26)/t15-,18-/m1/s1. The summed E-state index contributed by atoms with van der Waals surface area (Å²) in [6, 6.07) is 9.26.